The number of carboxylic acids is 1. The summed E-state index contributed by atoms with van der Waals surface area (Å²) in [7, 11) is 0. The molecule has 0 bridgehead atoms. The molecule has 7 heteroatoms. The van der Waals surface area contributed by atoms with Crippen molar-refractivity contribution in [3.63, 3.8) is 0 Å². The first-order valence-corrected chi connectivity index (χ1v) is 13.1. The third-order valence-electron chi connectivity index (χ3n) is 6.89. The number of carbonyl (C=O) groups is 3. The maximum absolute atomic E-state index is 13.2. The van der Waals surface area contributed by atoms with Crippen molar-refractivity contribution >= 4 is 18.0 Å². The molecule has 1 aliphatic rings. The number of hydrogen-bond acceptors (Lipinski definition) is 4. The van der Waals surface area contributed by atoms with Crippen LogP contribution in [-0.4, -0.2) is 47.2 Å². The Hall–Kier alpha value is -4.13. The van der Waals surface area contributed by atoms with Crippen LogP contribution in [0.4, 0.5) is 4.79 Å². The van der Waals surface area contributed by atoms with Crippen molar-refractivity contribution in [2.24, 2.45) is 0 Å². The Morgan fingerprint density at radius 1 is 0.921 bits per heavy atom. The molecule has 0 saturated heterocycles. The molecule has 1 atom stereocenters. The molecule has 7 nitrogen and oxygen atoms in total. The Bertz CT molecular complexity index is 1210. The first-order valence-electron chi connectivity index (χ1n) is 13.1. The fourth-order valence-corrected chi connectivity index (χ4v) is 5.02. The van der Waals surface area contributed by atoms with Crippen LogP contribution < -0.4 is 5.32 Å². The number of unbranched alkanes of at least 4 members (excludes halogenated alkanes) is 1. The molecular formula is C31H34N2O5. The van der Waals surface area contributed by atoms with E-state index in [9.17, 15) is 19.5 Å². The SMILES string of the molecule is CCCC[C@H](CC(=O)N(CC(=O)O)Cc1ccccc1)NC(=O)OCC1c2ccccc2-c2ccccc21. The molecule has 3 aromatic carbocycles. The quantitative estimate of drug-likeness (QED) is 0.329. The van der Waals surface area contributed by atoms with Gasteiger partial charge in [-0.3, -0.25) is 9.59 Å². The Balaban J connectivity index is 1.39. The van der Waals surface area contributed by atoms with E-state index in [0.29, 0.717) is 6.42 Å². The first kappa shape index (κ1) is 26.9. The minimum Gasteiger partial charge on any atom is -0.480 e. The summed E-state index contributed by atoms with van der Waals surface area (Å²) in [4.78, 5) is 38.8. The molecule has 0 aliphatic heterocycles. The van der Waals surface area contributed by atoms with Crippen molar-refractivity contribution in [2.45, 2.75) is 51.1 Å². The number of nitrogens with zero attached hydrogens (tertiary/aromatic N) is 1. The van der Waals surface area contributed by atoms with Crippen LogP contribution in [0.5, 0.6) is 0 Å². The fraction of sp³-hybridized carbons (Fsp3) is 0.323. The van der Waals surface area contributed by atoms with Crippen molar-refractivity contribution in [1.82, 2.24) is 10.2 Å². The summed E-state index contributed by atoms with van der Waals surface area (Å²) in [5.74, 6) is -1.46. The van der Waals surface area contributed by atoms with Gasteiger partial charge in [0.25, 0.3) is 0 Å². The summed E-state index contributed by atoms with van der Waals surface area (Å²) < 4.78 is 5.68. The van der Waals surface area contributed by atoms with Gasteiger partial charge in [-0.2, -0.15) is 0 Å². The summed E-state index contributed by atoms with van der Waals surface area (Å²) >= 11 is 0. The topological polar surface area (TPSA) is 95.9 Å². The number of hydrogen-bond donors (Lipinski definition) is 2. The highest BCUT2D eigenvalue weighted by Gasteiger charge is 2.29. The molecule has 2 amide bonds. The lowest BCUT2D eigenvalue weighted by Gasteiger charge is -2.25. The number of alkyl carbamates (subject to hydrolysis) is 1. The van der Waals surface area contributed by atoms with Gasteiger partial charge in [-0.1, -0.05) is 98.6 Å². The van der Waals surface area contributed by atoms with Gasteiger partial charge in [-0.15, -0.1) is 0 Å². The molecule has 3 aromatic rings. The monoisotopic (exact) mass is 514 g/mol. The lowest BCUT2D eigenvalue weighted by molar-refractivity contribution is -0.145. The Kier molecular flexibility index (Phi) is 9.14. The summed E-state index contributed by atoms with van der Waals surface area (Å²) in [5.41, 5.74) is 5.41. The number of fused-ring (bicyclic) bond motifs is 3. The molecule has 0 radical (unpaired) electrons. The zero-order valence-electron chi connectivity index (χ0n) is 21.6. The highest BCUT2D eigenvalue weighted by Crippen LogP contribution is 2.44. The summed E-state index contributed by atoms with van der Waals surface area (Å²) in [6.07, 6.45) is 1.75. The van der Waals surface area contributed by atoms with Gasteiger partial charge in [0.15, 0.2) is 0 Å². The predicted molar refractivity (Wildman–Crippen MR) is 146 cm³/mol. The number of rotatable bonds is 12. The summed E-state index contributed by atoms with van der Waals surface area (Å²) in [5, 5.41) is 12.2. The standard InChI is InChI=1S/C31H34N2O5/c1-2-3-13-23(18-29(34)33(20-30(35)36)19-22-11-5-4-6-12-22)32-31(37)38-21-28-26-16-9-7-14-24(26)25-15-8-10-17-27(25)28/h4-12,14-17,23,28H,2-3,13,18-21H2,1H3,(H,32,37)(H,35,36)/t23-/m1/s1. The van der Waals surface area contributed by atoms with Crippen LogP contribution >= 0.6 is 0 Å². The number of nitrogens with one attached hydrogen (secondary N) is 1. The second kappa shape index (κ2) is 12.9. The van der Waals surface area contributed by atoms with E-state index in [4.69, 9.17) is 4.74 Å². The smallest absolute Gasteiger partial charge is 0.407 e. The van der Waals surface area contributed by atoms with Crippen LogP contribution in [-0.2, 0) is 20.9 Å². The van der Waals surface area contributed by atoms with Crippen LogP contribution in [0.3, 0.4) is 0 Å². The maximum atomic E-state index is 13.2. The molecule has 198 valence electrons. The van der Waals surface area contributed by atoms with Crippen LogP contribution in [0, 0.1) is 0 Å². The molecule has 4 rings (SSSR count). The van der Waals surface area contributed by atoms with E-state index in [-0.39, 0.29) is 31.4 Å². The largest absolute Gasteiger partial charge is 0.480 e. The van der Waals surface area contributed by atoms with Crippen LogP contribution in [0.15, 0.2) is 78.9 Å². The summed E-state index contributed by atoms with van der Waals surface area (Å²) in [6.45, 7) is 2.02. The minimum atomic E-state index is -1.08. The molecule has 38 heavy (non-hydrogen) atoms. The maximum Gasteiger partial charge on any atom is 0.407 e. The lowest BCUT2D eigenvalue weighted by atomic mass is 9.98. The molecule has 0 saturated carbocycles. The fourth-order valence-electron chi connectivity index (χ4n) is 5.02. The van der Waals surface area contributed by atoms with E-state index in [2.05, 4.69) is 29.6 Å². The van der Waals surface area contributed by atoms with E-state index in [1.165, 1.54) is 4.90 Å². The average Bonchev–Trinajstić information content (AvgIpc) is 3.24. The highest BCUT2D eigenvalue weighted by molar-refractivity contribution is 5.82. The molecule has 0 unspecified atom stereocenters. The third-order valence-corrected chi connectivity index (χ3v) is 6.89. The molecular weight excluding hydrogens is 480 g/mol. The number of amides is 2. The zero-order valence-corrected chi connectivity index (χ0v) is 21.6. The van der Waals surface area contributed by atoms with Gasteiger partial charge in [0, 0.05) is 24.9 Å². The highest BCUT2D eigenvalue weighted by atomic mass is 16.5. The van der Waals surface area contributed by atoms with Gasteiger partial charge in [-0.25, -0.2) is 4.79 Å². The van der Waals surface area contributed by atoms with Crippen LogP contribution in [0.25, 0.3) is 11.1 Å². The second-order valence-corrected chi connectivity index (χ2v) is 9.64. The molecule has 0 spiro atoms. The third kappa shape index (κ3) is 6.79. The van der Waals surface area contributed by atoms with Gasteiger partial charge in [0.2, 0.25) is 5.91 Å². The number of carbonyl (C=O) groups excluding carboxylic acids is 2. The Morgan fingerprint density at radius 3 is 2.13 bits per heavy atom. The van der Waals surface area contributed by atoms with Gasteiger partial charge in [0.05, 0.1) is 0 Å². The van der Waals surface area contributed by atoms with E-state index in [0.717, 1.165) is 40.7 Å². The summed E-state index contributed by atoms with van der Waals surface area (Å²) in [6, 6.07) is 25.1. The average molecular weight is 515 g/mol. The van der Waals surface area contributed by atoms with Gasteiger partial charge in [-0.05, 0) is 34.2 Å². The van der Waals surface area contributed by atoms with E-state index in [1.54, 1.807) is 0 Å². The van der Waals surface area contributed by atoms with Gasteiger partial charge in [0.1, 0.15) is 13.2 Å². The number of ether oxygens (including phenoxy) is 1. The van der Waals surface area contributed by atoms with Crippen LogP contribution in [0.2, 0.25) is 0 Å². The molecule has 2 N–H and O–H groups in total. The number of aliphatic carboxylic acids is 1. The zero-order chi connectivity index (χ0) is 26.9. The molecule has 0 heterocycles. The first-order chi connectivity index (χ1) is 18.5. The van der Waals surface area contributed by atoms with Crippen molar-refractivity contribution in [2.75, 3.05) is 13.2 Å². The number of benzene rings is 3. The molecule has 0 aromatic heterocycles. The lowest BCUT2D eigenvalue weighted by Crippen LogP contribution is -2.42. The second-order valence-electron chi connectivity index (χ2n) is 9.64. The van der Waals surface area contributed by atoms with Gasteiger partial charge >= 0.3 is 12.1 Å². The van der Waals surface area contributed by atoms with Crippen molar-refractivity contribution in [3.8, 4) is 11.1 Å². The van der Waals surface area contributed by atoms with Crippen molar-refractivity contribution in [3.05, 3.63) is 95.6 Å². The predicted octanol–water partition coefficient (Wildman–Crippen LogP) is 5.59. The van der Waals surface area contributed by atoms with Crippen molar-refractivity contribution < 1.29 is 24.2 Å². The van der Waals surface area contributed by atoms with Crippen molar-refractivity contribution in [1.29, 1.82) is 0 Å². The molecule has 0 fully saturated rings. The Morgan fingerprint density at radius 2 is 1.53 bits per heavy atom. The minimum absolute atomic E-state index is 0.00427. The van der Waals surface area contributed by atoms with E-state index < -0.39 is 24.6 Å². The van der Waals surface area contributed by atoms with E-state index >= 15 is 0 Å². The van der Waals surface area contributed by atoms with E-state index in [1.807, 2.05) is 61.5 Å². The molecule has 1 aliphatic carbocycles. The van der Waals surface area contributed by atoms with Crippen LogP contribution in [0.1, 0.15) is 55.2 Å². The Labute approximate surface area is 223 Å². The number of carboxylic acid groups (broad SMARTS) is 1. The van der Waals surface area contributed by atoms with Gasteiger partial charge < -0.3 is 20.1 Å². The normalized spacial score (nSPS) is 12.8.